The van der Waals surface area contributed by atoms with Crippen LogP contribution in [0.4, 0.5) is 5.69 Å². The summed E-state index contributed by atoms with van der Waals surface area (Å²) < 4.78 is 34.0. The first-order chi connectivity index (χ1) is 12.9. The molecule has 0 unspecified atom stereocenters. The summed E-state index contributed by atoms with van der Waals surface area (Å²) in [7, 11) is -2.37. The van der Waals surface area contributed by atoms with E-state index in [-0.39, 0.29) is 11.4 Å². The Bertz CT molecular complexity index is 1020. The molecule has 1 aromatic heterocycles. The fraction of sp³-hybridized carbons (Fsp3) is 0.190. The number of aryl methyl sites for hydroxylation is 2. The molecule has 0 bridgehead atoms. The Morgan fingerprint density at radius 1 is 1.00 bits per heavy atom. The molecular formula is C21H22N2O3S. The average Bonchev–Trinajstić information content (AvgIpc) is 2.69. The number of ether oxygens (including phenoxy) is 1. The summed E-state index contributed by atoms with van der Waals surface area (Å²) in [6.07, 6.45) is 3.33. The van der Waals surface area contributed by atoms with Gasteiger partial charge in [-0.05, 0) is 60.9 Å². The maximum absolute atomic E-state index is 13.6. The van der Waals surface area contributed by atoms with E-state index in [1.807, 2.05) is 38.1 Å². The van der Waals surface area contributed by atoms with E-state index >= 15 is 0 Å². The molecule has 0 aliphatic heterocycles. The molecule has 140 valence electrons. The molecule has 2 aromatic carbocycles. The van der Waals surface area contributed by atoms with E-state index in [1.54, 1.807) is 42.7 Å². The third-order valence-corrected chi connectivity index (χ3v) is 6.24. The summed E-state index contributed by atoms with van der Waals surface area (Å²) in [6.45, 7) is 4.00. The summed E-state index contributed by atoms with van der Waals surface area (Å²) in [5.74, 6) is 0.338. The van der Waals surface area contributed by atoms with Crippen molar-refractivity contribution >= 4 is 15.7 Å². The highest BCUT2D eigenvalue weighted by Crippen LogP contribution is 2.33. The zero-order valence-electron chi connectivity index (χ0n) is 15.6. The lowest BCUT2D eigenvalue weighted by atomic mass is 10.1. The van der Waals surface area contributed by atoms with Crippen LogP contribution in [0.25, 0.3) is 0 Å². The van der Waals surface area contributed by atoms with Crippen molar-refractivity contribution in [3.05, 3.63) is 83.7 Å². The highest BCUT2D eigenvalue weighted by molar-refractivity contribution is 7.92. The molecule has 0 N–H and O–H groups in total. The van der Waals surface area contributed by atoms with Gasteiger partial charge in [-0.1, -0.05) is 24.3 Å². The summed E-state index contributed by atoms with van der Waals surface area (Å²) in [5.41, 5.74) is 3.25. The summed E-state index contributed by atoms with van der Waals surface area (Å²) in [5, 5.41) is 0. The van der Waals surface area contributed by atoms with Gasteiger partial charge in [-0.25, -0.2) is 8.42 Å². The number of sulfonamides is 1. The van der Waals surface area contributed by atoms with Crippen molar-refractivity contribution in [3.8, 4) is 5.75 Å². The molecule has 0 saturated heterocycles. The topological polar surface area (TPSA) is 59.5 Å². The number of nitrogens with zero attached hydrogens (tertiary/aromatic N) is 2. The highest BCUT2D eigenvalue weighted by Gasteiger charge is 2.29. The van der Waals surface area contributed by atoms with Crippen LogP contribution in [-0.4, -0.2) is 20.5 Å². The van der Waals surface area contributed by atoms with Gasteiger partial charge in [-0.2, -0.15) is 0 Å². The molecule has 0 atom stereocenters. The van der Waals surface area contributed by atoms with E-state index in [4.69, 9.17) is 4.74 Å². The maximum atomic E-state index is 13.6. The van der Waals surface area contributed by atoms with Crippen LogP contribution < -0.4 is 9.04 Å². The summed E-state index contributed by atoms with van der Waals surface area (Å²) in [6, 6.07) is 16.1. The van der Waals surface area contributed by atoms with Crippen molar-refractivity contribution in [3.63, 3.8) is 0 Å². The SMILES string of the molecule is COc1cc(C)c(C)cc1S(=O)(=O)N(Cc1cccnc1)c1ccccc1. The predicted molar refractivity (Wildman–Crippen MR) is 107 cm³/mol. The minimum atomic E-state index is -3.85. The molecule has 0 aliphatic rings. The number of pyridine rings is 1. The first-order valence-corrected chi connectivity index (χ1v) is 9.99. The van der Waals surface area contributed by atoms with Crippen LogP contribution in [0.5, 0.6) is 5.75 Å². The van der Waals surface area contributed by atoms with Crippen LogP contribution in [0.3, 0.4) is 0 Å². The van der Waals surface area contributed by atoms with Crippen LogP contribution in [0.2, 0.25) is 0 Å². The largest absolute Gasteiger partial charge is 0.495 e. The van der Waals surface area contributed by atoms with Gasteiger partial charge < -0.3 is 4.74 Å². The fourth-order valence-corrected chi connectivity index (χ4v) is 4.49. The highest BCUT2D eigenvalue weighted by atomic mass is 32.2. The van der Waals surface area contributed by atoms with Gasteiger partial charge in [0.1, 0.15) is 10.6 Å². The van der Waals surface area contributed by atoms with Gasteiger partial charge in [-0.15, -0.1) is 0 Å². The van der Waals surface area contributed by atoms with E-state index in [1.165, 1.54) is 11.4 Å². The smallest absolute Gasteiger partial charge is 0.268 e. The maximum Gasteiger partial charge on any atom is 0.268 e. The average molecular weight is 382 g/mol. The molecule has 0 fully saturated rings. The summed E-state index contributed by atoms with van der Waals surface area (Å²) >= 11 is 0. The van der Waals surface area contributed by atoms with Crippen molar-refractivity contribution in [2.45, 2.75) is 25.3 Å². The van der Waals surface area contributed by atoms with E-state index < -0.39 is 10.0 Å². The van der Waals surface area contributed by atoms with E-state index in [0.29, 0.717) is 11.4 Å². The zero-order chi connectivity index (χ0) is 19.4. The molecule has 27 heavy (non-hydrogen) atoms. The van der Waals surface area contributed by atoms with Crippen molar-refractivity contribution in [2.75, 3.05) is 11.4 Å². The van der Waals surface area contributed by atoms with Crippen LogP contribution >= 0.6 is 0 Å². The predicted octanol–water partition coefficient (Wildman–Crippen LogP) is 4.10. The van der Waals surface area contributed by atoms with Crippen molar-refractivity contribution in [2.24, 2.45) is 0 Å². The normalized spacial score (nSPS) is 11.2. The number of hydrogen-bond donors (Lipinski definition) is 0. The Kier molecular flexibility index (Phi) is 5.46. The number of aromatic nitrogens is 1. The number of benzene rings is 2. The van der Waals surface area contributed by atoms with Gasteiger partial charge >= 0.3 is 0 Å². The molecular weight excluding hydrogens is 360 g/mol. The number of hydrogen-bond acceptors (Lipinski definition) is 4. The second-order valence-corrected chi connectivity index (χ2v) is 8.13. The molecule has 0 spiro atoms. The van der Waals surface area contributed by atoms with Crippen LogP contribution in [0.15, 0.2) is 71.9 Å². The minimum absolute atomic E-state index is 0.154. The van der Waals surface area contributed by atoms with Gasteiger partial charge in [0, 0.05) is 12.4 Å². The number of methoxy groups -OCH3 is 1. The van der Waals surface area contributed by atoms with E-state index in [0.717, 1.165) is 16.7 Å². The van der Waals surface area contributed by atoms with E-state index in [2.05, 4.69) is 4.98 Å². The molecule has 3 aromatic rings. The molecule has 0 amide bonds. The first-order valence-electron chi connectivity index (χ1n) is 8.55. The second-order valence-electron chi connectivity index (χ2n) is 6.30. The molecule has 0 aliphatic carbocycles. The third kappa shape index (κ3) is 3.95. The van der Waals surface area contributed by atoms with Gasteiger partial charge in [0.15, 0.2) is 0 Å². The molecule has 5 nitrogen and oxygen atoms in total. The Hall–Kier alpha value is -2.86. The monoisotopic (exact) mass is 382 g/mol. The van der Waals surface area contributed by atoms with Gasteiger partial charge in [0.05, 0.1) is 19.3 Å². The molecule has 0 radical (unpaired) electrons. The van der Waals surface area contributed by atoms with Gasteiger partial charge in [-0.3, -0.25) is 9.29 Å². The number of rotatable bonds is 6. The zero-order valence-corrected chi connectivity index (χ0v) is 16.4. The number of anilines is 1. The Morgan fingerprint density at radius 2 is 1.70 bits per heavy atom. The molecule has 1 heterocycles. The Labute approximate surface area is 160 Å². The minimum Gasteiger partial charge on any atom is -0.495 e. The molecule has 0 saturated carbocycles. The van der Waals surface area contributed by atoms with Crippen molar-refractivity contribution < 1.29 is 13.2 Å². The van der Waals surface area contributed by atoms with Crippen molar-refractivity contribution in [1.82, 2.24) is 4.98 Å². The Morgan fingerprint density at radius 3 is 2.33 bits per heavy atom. The molecule has 3 rings (SSSR count). The first kappa shape index (κ1) is 18.9. The Balaban J connectivity index is 2.15. The summed E-state index contributed by atoms with van der Waals surface area (Å²) in [4.78, 5) is 4.25. The van der Waals surface area contributed by atoms with E-state index in [9.17, 15) is 8.42 Å². The van der Waals surface area contributed by atoms with Gasteiger partial charge in [0.25, 0.3) is 10.0 Å². The lowest BCUT2D eigenvalue weighted by Gasteiger charge is -2.26. The van der Waals surface area contributed by atoms with Crippen LogP contribution in [-0.2, 0) is 16.6 Å². The lowest BCUT2D eigenvalue weighted by molar-refractivity contribution is 0.402. The van der Waals surface area contributed by atoms with Crippen LogP contribution in [0.1, 0.15) is 16.7 Å². The second kappa shape index (κ2) is 7.80. The standard InChI is InChI=1S/C21H22N2O3S/c1-16-12-20(26-3)21(13-17(16)2)27(24,25)23(19-9-5-4-6-10-19)15-18-8-7-11-22-14-18/h4-14H,15H2,1-3H3. The lowest BCUT2D eigenvalue weighted by Crippen LogP contribution is -2.31. The molecule has 6 heteroatoms. The quantitative estimate of drug-likeness (QED) is 0.644. The fourth-order valence-electron chi connectivity index (χ4n) is 2.81. The third-order valence-electron chi connectivity index (χ3n) is 4.44. The van der Waals surface area contributed by atoms with Crippen molar-refractivity contribution in [1.29, 1.82) is 0 Å². The van der Waals surface area contributed by atoms with Gasteiger partial charge in [0.2, 0.25) is 0 Å². The van der Waals surface area contributed by atoms with Crippen LogP contribution in [0, 0.1) is 13.8 Å². The number of para-hydroxylation sites is 1.